The Labute approximate surface area is 142 Å². The molecular formula is C18H15N3O4. The van der Waals surface area contributed by atoms with Crippen LogP contribution in [-0.4, -0.2) is 23.6 Å². The predicted octanol–water partition coefficient (Wildman–Crippen LogP) is 2.02. The van der Waals surface area contributed by atoms with Crippen molar-refractivity contribution in [2.24, 2.45) is 0 Å². The maximum Gasteiger partial charge on any atom is 0.262 e. The number of hydrogen-bond donors (Lipinski definition) is 2. The Morgan fingerprint density at radius 3 is 3.04 bits per heavy atom. The van der Waals surface area contributed by atoms with Crippen molar-refractivity contribution in [2.45, 2.75) is 13.0 Å². The van der Waals surface area contributed by atoms with E-state index in [1.165, 1.54) is 0 Å². The lowest BCUT2D eigenvalue weighted by atomic mass is 10.1. The molecule has 0 radical (unpaired) electrons. The molecule has 126 valence electrons. The van der Waals surface area contributed by atoms with Crippen molar-refractivity contribution >= 4 is 28.5 Å². The van der Waals surface area contributed by atoms with Gasteiger partial charge in [0.25, 0.3) is 5.91 Å². The summed E-state index contributed by atoms with van der Waals surface area (Å²) in [6.07, 6.45) is 0.141. The number of nitrogens with zero attached hydrogens (tertiary/aromatic N) is 1. The molecule has 0 fully saturated rings. The third-order valence-corrected chi connectivity index (χ3v) is 3.95. The van der Waals surface area contributed by atoms with E-state index in [0.29, 0.717) is 29.3 Å². The number of benzene rings is 2. The van der Waals surface area contributed by atoms with Crippen LogP contribution in [-0.2, 0) is 22.6 Å². The van der Waals surface area contributed by atoms with E-state index in [0.717, 1.165) is 10.9 Å². The van der Waals surface area contributed by atoms with Gasteiger partial charge in [0.05, 0.1) is 12.1 Å². The van der Waals surface area contributed by atoms with Crippen LogP contribution in [0.2, 0.25) is 0 Å². The van der Waals surface area contributed by atoms with Gasteiger partial charge in [0.15, 0.2) is 12.2 Å². The number of nitrogens with one attached hydrogen (secondary N) is 2. The lowest BCUT2D eigenvalue weighted by Crippen LogP contribution is -2.26. The van der Waals surface area contributed by atoms with Gasteiger partial charge in [-0.05, 0) is 29.8 Å². The topological polar surface area (TPSA) is 93.5 Å². The van der Waals surface area contributed by atoms with Crippen LogP contribution in [0.25, 0.3) is 11.0 Å². The highest BCUT2D eigenvalue weighted by Crippen LogP contribution is 2.28. The number of ether oxygens (including phenoxy) is 1. The number of rotatable bonds is 4. The molecule has 4 rings (SSSR count). The molecule has 2 amide bonds. The van der Waals surface area contributed by atoms with Gasteiger partial charge >= 0.3 is 0 Å². The monoisotopic (exact) mass is 337 g/mol. The fourth-order valence-corrected chi connectivity index (χ4v) is 2.72. The molecular weight excluding hydrogens is 322 g/mol. The van der Waals surface area contributed by atoms with E-state index < -0.39 is 0 Å². The summed E-state index contributed by atoms with van der Waals surface area (Å²) in [6.45, 7) is 0.368. The van der Waals surface area contributed by atoms with Crippen LogP contribution < -0.4 is 15.4 Å². The average molecular weight is 337 g/mol. The lowest BCUT2D eigenvalue weighted by Gasteiger charge is -2.18. The maximum atomic E-state index is 12.2. The first-order valence-corrected chi connectivity index (χ1v) is 7.84. The van der Waals surface area contributed by atoms with Gasteiger partial charge in [-0.3, -0.25) is 9.59 Å². The van der Waals surface area contributed by atoms with Gasteiger partial charge in [0.2, 0.25) is 5.91 Å². The lowest BCUT2D eigenvalue weighted by molar-refractivity contribution is -0.121. The Morgan fingerprint density at radius 2 is 2.12 bits per heavy atom. The quantitative estimate of drug-likeness (QED) is 0.760. The second-order valence-electron chi connectivity index (χ2n) is 5.75. The molecule has 0 unspecified atom stereocenters. The molecule has 1 aliphatic heterocycles. The van der Waals surface area contributed by atoms with E-state index in [1.54, 1.807) is 12.1 Å². The van der Waals surface area contributed by atoms with Gasteiger partial charge < -0.3 is 19.9 Å². The molecule has 7 nitrogen and oxygen atoms in total. The summed E-state index contributed by atoms with van der Waals surface area (Å²) in [6, 6.07) is 12.8. The zero-order valence-corrected chi connectivity index (χ0v) is 13.2. The summed E-state index contributed by atoms with van der Waals surface area (Å²) >= 11 is 0. The number of amides is 2. The van der Waals surface area contributed by atoms with Gasteiger partial charge in [-0.1, -0.05) is 23.4 Å². The molecule has 2 N–H and O–H groups in total. The molecule has 25 heavy (non-hydrogen) atoms. The zero-order valence-electron chi connectivity index (χ0n) is 13.2. The smallest absolute Gasteiger partial charge is 0.262 e. The van der Waals surface area contributed by atoms with Crippen molar-refractivity contribution in [3.8, 4) is 5.75 Å². The molecule has 2 heterocycles. The third kappa shape index (κ3) is 3.16. The van der Waals surface area contributed by atoms with E-state index in [1.807, 2.05) is 30.3 Å². The standard InChI is InChI=1S/C18H15N3O4/c22-17(8-13-12-3-1-2-4-15(12)25-21-13)19-9-11-5-6-16-14(7-11)20-18(23)10-24-16/h1-7H,8-10H2,(H,19,22)(H,20,23). The van der Waals surface area contributed by atoms with Crippen LogP contribution in [0.3, 0.4) is 0 Å². The molecule has 2 aromatic carbocycles. The van der Waals surface area contributed by atoms with Gasteiger partial charge in [0, 0.05) is 11.9 Å². The minimum Gasteiger partial charge on any atom is -0.482 e. The van der Waals surface area contributed by atoms with Crippen molar-refractivity contribution in [1.82, 2.24) is 10.5 Å². The van der Waals surface area contributed by atoms with Crippen LogP contribution >= 0.6 is 0 Å². The molecule has 1 aromatic heterocycles. The highest BCUT2D eigenvalue weighted by Gasteiger charge is 2.16. The van der Waals surface area contributed by atoms with Crippen molar-refractivity contribution < 1.29 is 18.8 Å². The normalized spacial score (nSPS) is 13.0. The Morgan fingerprint density at radius 1 is 1.24 bits per heavy atom. The predicted molar refractivity (Wildman–Crippen MR) is 90.1 cm³/mol. The van der Waals surface area contributed by atoms with Crippen LogP contribution in [0.5, 0.6) is 5.75 Å². The molecule has 0 bridgehead atoms. The van der Waals surface area contributed by atoms with Crippen molar-refractivity contribution in [3.63, 3.8) is 0 Å². The van der Waals surface area contributed by atoms with Crippen molar-refractivity contribution in [1.29, 1.82) is 0 Å². The number of para-hydroxylation sites is 1. The SMILES string of the molecule is O=C(Cc1noc2ccccc12)NCc1ccc2c(c1)NC(=O)CO2. The summed E-state index contributed by atoms with van der Waals surface area (Å²) < 4.78 is 10.5. The summed E-state index contributed by atoms with van der Waals surface area (Å²) in [5.74, 6) is 0.285. The second-order valence-corrected chi connectivity index (χ2v) is 5.75. The average Bonchev–Trinajstić information content (AvgIpc) is 3.02. The highest BCUT2D eigenvalue weighted by molar-refractivity contribution is 5.95. The largest absolute Gasteiger partial charge is 0.482 e. The number of carbonyl (C=O) groups is 2. The van der Waals surface area contributed by atoms with E-state index in [4.69, 9.17) is 9.26 Å². The number of anilines is 1. The second kappa shape index (κ2) is 6.27. The zero-order chi connectivity index (χ0) is 17.2. The van der Waals surface area contributed by atoms with Crippen LogP contribution in [0, 0.1) is 0 Å². The van der Waals surface area contributed by atoms with Gasteiger partial charge in [-0.25, -0.2) is 0 Å². The van der Waals surface area contributed by atoms with Crippen molar-refractivity contribution in [2.75, 3.05) is 11.9 Å². The first-order chi connectivity index (χ1) is 12.2. The number of hydrogen-bond acceptors (Lipinski definition) is 5. The van der Waals surface area contributed by atoms with E-state index in [9.17, 15) is 9.59 Å². The van der Waals surface area contributed by atoms with Crippen LogP contribution in [0.4, 0.5) is 5.69 Å². The third-order valence-electron chi connectivity index (χ3n) is 3.95. The Kier molecular flexibility index (Phi) is 3.81. The Hall–Kier alpha value is -3.35. The first-order valence-electron chi connectivity index (χ1n) is 7.84. The highest BCUT2D eigenvalue weighted by atomic mass is 16.5. The minimum atomic E-state index is -0.188. The molecule has 0 aliphatic carbocycles. The van der Waals surface area contributed by atoms with E-state index in [2.05, 4.69) is 15.8 Å². The molecule has 0 atom stereocenters. The number of aromatic nitrogens is 1. The van der Waals surface area contributed by atoms with Gasteiger partial charge in [0.1, 0.15) is 11.4 Å². The molecule has 7 heteroatoms. The maximum absolute atomic E-state index is 12.2. The van der Waals surface area contributed by atoms with Gasteiger partial charge in [-0.2, -0.15) is 0 Å². The number of carbonyl (C=O) groups excluding carboxylic acids is 2. The summed E-state index contributed by atoms with van der Waals surface area (Å²) in [5.41, 5.74) is 2.75. The van der Waals surface area contributed by atoms with E-state index >= 15 is 0 Å². The van der Waals surface area contributed by atoms with Crippen LogP contribution in [0.15, 0.2) is 47.0 Å². The van der Waals surface area contributed by atoms with Crippen molar-refractivity contribution in [3.05, 3.63) is 53.7 Å². The van der Waals surface area contributed by atoms with E-state index in [-0.39, 0.29) is 24.8 Å². The Balaban J connectivity index is 1.40. The van der Waals surface area contributed by atoms with Crippen LogP contribution in [0.1, 0.15) is 11.3 Å². The summed E-state index contributed by atoms with van der Waals surface area (Å²) in [4.78, 5) is 23.5. The molecule has 0 saturated heterocycles. The molecule has 0 spiro atoms. The molecule has 3 aromatic rings. The fraction of sp³-hybridized carbons (Fsp3) is 0.167. The minimum absolute atomic E-state index is 0.0226. The Bertz CT molecular complexity index is 964. The molecule has 0 saturated carbocycles. The first kappa shape index (κ1) is 15.2. The summed E-state index contributed by atoms with van der Waals surface area (Å²) in [5, 5.41) is 10.4. The van der Waals surface area contributed by atoms with Gasteiger partial charge in [-0.15, -0.1) is 0 Å². The number of fused-ring (bicyclic) bond motifs is 2. The summed E-state index contributed by atoms with van der Waals surface area (Å²) in [7, 11) is 0. The molecule has 1 aliphatic rings. The fourth-order valence-electron chi connectivity index (χ4n) is 2.72.